The van der Waals surface area contributed by atoms with Crippen LogP contribution in [0.3, 0.4) is 0 Å². The van der Waals surface area contributed by atoms with Crippen molar-refractivity contribution in [2.75, 3.05) is 4.72 Å². The van der Waals surface area contributed by atoms with Crippen LogP contribution in [0, 0.1) is 0 Å². The van der Waals surface area contributed by atoms with Crippen LogP contribution in [0.25, 0.3) is 6.08 Å². The summed E-state index contributed by atoms with van der Waals surface area (Å²) in [6, 6.07) is 13.5. The summed E-state index contributed by atoms with van der Waals surface area (Å²) in [6.45, 7) is 1.96. The van der Waals surface area contributed by atoms with E-state index in [2.05, 4.69) is 4.72 Å². The van der Waals surface area contributed by atoms with Crippen LogP contribution < -0.4 is 4.72 Å². The van der Waals surface area contributed by atoms with E-state index in [1.807, 2.05) is 19.1 Å². The lowest BCUT2D eigenvalue weighted by Gasteiger charge is -2.12. The molecule has 0 radical (unpaired) electrons. The van der Waals surface area contributed by atoms with E-state index in [9.17, 15) is 13.2 Å². The van der Waals surface area contributed by atoms with Gasteiger partial charge in [0.1, 0.15) is 0 Å². The summed E-state index contributed by atoms with van der Waals surface area (Å²) >= 11 is 5.24. The van der Waals surface area contributed by atoms with Crippen molar-refractivity contribution >= 4 is 38.6 Å². The highest BCUT2D eigenvalue weighted by Gasteiger charge is 2.15. The minimum absolute atomic E-state index is 0.118. The van der Waals surface area contributed by atoms with Crippen molar-refractivity contribution in [3.8, 4) is 0 Å². The van der Waals surface area contributed by atoms with Crippen molar-refractivity contribution in [3.63, 3.8) is 0 Å². The quantitative estimate of drug-likeness (QED) is 0.636. The molecule has 2 aromatic rings. The molecule has 0 saturated heterocycles. The molecule has 0 fully saturated rings. The van der Waals surface area contributed by atoms with Gasteiger partial charge >= 0.3 is 0 Å². The first-order valence-corrected chi connectivity index (χ1v) is 8.87. The van der Waals surface area contributed by atoms with Gasteiger partial charge in [0, 0.05) is 0 Å². The normalized spacial score (nSPS) is 11.6. The Morgan fingerprint density at radius 2 is 1.91 bits per heavy atom. The van der Waals surface area contributed by atoms with Crippen LogP contribution in [0.4, 0.5) is 5.69 Å². The van der Waals surface area contributed by atoms with Gasteiger partial charge in [0.15, 0.2) is 0 Å². The molecular formula is C17H16ClNO3S. The van der Waals surface area contributed by atoms with E-state index in [1.165, 1.54) is 24.3 Å². The van der Waals surface area contributed by atoms with Crippen molar-refractivity contribution < 1.29 is 13.2 Å². The van der Waals surface area contributed by atoms with E-state index < -0.39 is 15.3 Å². The van der Waals surface area contributed by atoms with Crippen molar-refractivity contribution in [2.45, 2.75) is 18.2 Å². The maximum atomic E-state index is 12.5. The molecular weight excluding hydrogens is 334 g/mol. The lowest BCUT2D eigenvalue weighted by atomic mass is 10.1. The fourth-order valence-corrected chi connectivity index (χ4v) is 3.30. The molecule has 120 valence electrons. The Hall–Kier alpha value is -2.11. The summed E-state index contributed by atoms with van der Waals surface area (Å²) < 4.78 is 27.7. The molecule has 0 unspecified atom stereocenters. The highest BCUT2D eigenvalue weighted by molar-refractivity contribution is 7.92. The predicted octanol–water partition coefficient (Wildman–Crippen LogP) is 3.83. The molecule has 23 heavy (non-hydrogen) atoms. The first-order valence-electron chi connectivity index (χ1n) is 7.00. The van der Waals surface area contributed by atoms with Crippen LogP contribution in [0.5, 0.6) is 0 Å². The topological polar surface area (TPSA) is 63.2 Å². The van der Waals surface area contributed by atoms with E-state index in [0.717, 1.165) is 12.0 Å². The first kappa shape index (κ1) is 17.2. The fraction of sp³-hybridized carbons (Fsp3) is 0.118. The summed E-state index contributed by atoms with van der Waals surface area (Å²) in [5.74, 6) is 0. The van der Waals surface area contributed by atoms with E-state index in [-0.39, 0.29) is 4.90 Å². The maximum absolute atomic E-state index is 12.5. The van der Waals surface area contributed by atoms with Gasteiger partial charge in [0.05, 0.1) is 10.6 Å². The number of hydrogen-bond donors (Lipinski definition) is 1. The standard InChI is InChI=1S/C17H16ClNO3S/c1-2-14-7-3-4-9-16(14)19-23(21,22)15-8-5-6-13(12-15)10-11-17(18)20/h3-12,19H,2H2,1H3. The van der Waals surface area contributed by atoms with E-state index in [1.54, 1.807) is 24.3 Å². The number of carbonyl (C=O) groups excluding carboxylic acids is 1. The number of benzene rings is 2. The van der Waals surface area contributed by atoms with Gasteiger partial charge in [-0.3, -0.25) is 9.52 Å². The predicted molar refractivity (Wildman–Crippen MR) is 93.0 cm³/mol. The van der Waals surface area contributed by atoms with Crippen LogP contribution in [0.1, 0.15) is 18.1 Å². The molecule has 4 nitrogen and oxygen atoms in total. The van der Waals surface area contributed by atoms with Gasteiger partial charge in [-0.15, -0.1) is 0 Å². The molecule has 0 bridgehead atoms. The number of para-hydroxylation sites is 1. The number of rotatable bonds is 6. The number of sulfonamides is 1. The lowest BCUT2D eigenvalue weighted by Crippen LogP contribution is -2.14. The molecule has 0 saturated carbocycles. The van der Waals surface area contributed by atoms with E-state index in [4.69, 9.17) is 11.6 Å². The Balaban J connectivity index is 2.33. The number of hydrogen-bond acceptors (Lipinski definition) is 3. The van der Waals surface area contributed by atoms with Gasteiger partial charge in [0.2, 0.25) is 5.24 Å². The van der Waals surface area contributed by atoms with Crippen molar-refractivity contribution in [2.24, 2.45) is 0 Å². The average Bonchev–Trinajstić information content (AvgIpc) is 2.53. The molecule has 0 spiro atoms. The molecule has 6 heteroatoms. The Labute approximate surface area is 140 Å². The van der Waals surface area contributed by atoms with Crippen molar-refractivity contribution in [1.29, 1.82) is 0 Å². The molecule has 0 atom stereocenters. The largest absolute Gasteiger partial charge is 0.279 e. The number of allylic oxidation sites excluding steroid dienone is 1. The van der Waals surface area contributed by atoms with Crippen LogP contribution in [0.2, 0.25) is 0 Å². The van der Waals surface area contributed by atoms with Crippen molar-refractivity contribution in [3.05, 3.63) is 65.7 Å². The molecule has 0 heterocycles. The Morgan fingerprint density at radius 3 is 2.61 bits per heavy atom. The van der Waals surface area contributed by atoms with Gasteiger partial charge in [-0.2, -0.15) is 0 Å². The van der Waals surface area contributed by atoms with Crippen LogP contribution in [-0.4, -0.2) is 13.7 Å². The van der Waals surface area contributed by atoms with Gasteiger partial charge in [0.25, 0.3) is 10.0 Å². The molecule has 0 aliphatic heterocycles. The molecule has 2 rings (SSSR count). The third-order valence-electron chi connectivity index (χ3n) is 3.22. The lowest BCUT2D eigenvalue weighted by molar-refractivity contribution is -0.107. The zero-order valence-electron chi connectivity index (χ0n) is 12.5. The first-order chi connectivity index (χ1) is 10.9. The van der Waals surface area contributed by atoms with Gasteiger partial charge in [-0.25, -0.2) is 8.42 Å². The zero-order chi connectivity index (χ0) is 16.9. The molecule has 0 aromatic heterocycles. The SMILES string of the molecule is CCc1ccccc1NS(=O)(=O)c1cccc(C=CC(=O)Cl)c1. The number of aryl methyl sites for hydroxylation is 1. The highest BCUT2D eigenvalue weighted by Crippen LogP contribution is 2.21. The summed E-state index contributed by atoms with van der Waals surface area (Å²) in [5.41, 5.74) is 2.05. The Morgan fingerprint density at radius 1 is 1.17 bits per heavy atom. The Kier molecular flexibility index (Phi) is 5.58. The molecule has 0 amide bonds. The van der Waals surface area contributed by atoms with Gasteiger partial charge < -0.3 is 0 Å². The summed E-state index contributed by atoms with van der Waals surface area (Å²) in [7, 11) is -3.71. The second-order valence-corrected chi connectivity index (χ2v) is 6.88. The van der Waals surface area contributed by atoms with Gasteiger partial charge in [-0.05, 0) is 53.4 Å². The van der Waals surface area contributed by atoms with Crippen LogP contribution in [0.15, 0.2) is 59.5 Å². The molecule has 0 aliphatic carbocycles. The molecule has 1 N–H and O–H groups in total. The monoisotopic (exact) mass is 349 g/mol. The number of nitrogens with one attached hydrogen (secondary N) is 1. The molecule has 0 aliphatic rings. The van der Waals surface area contributed by atoms with E-state index in [0.29, 0.717) is 11.3 Å². The summed E-state index contributed by atoms with van der Waals surface area (Å²) in [6.07, 6.45) is 3.36. The van der Waals surface area contributed by atoms with Crippen LogP contribution >= 0.6 is 11.6 Å². The number of carbonyl (C=O) groups is 1. The van der Waals surface area contributed by atoms with Crippen molar-refractivity contribution in [1.82, 2.24) is 0 Å². The van der Waals surface area contributed by atoms with Crippen LogP contribution in [-0.2, 0) is 21.2 Å². The summed E-state index contributed by atoms with van der Waals surface area (Å²) in [4.78, 5) is 10.9. The molecule has 2 aromatic carbocycles. The minimum atomic E-state index is -3.71. The fourth-order valence-electron chi connectivity index (χ4n) is 2.08. The van der Waals surface area contributed by atoms with Gasteiger partial charge in [-0.1, -0.05) is 43.3 Å². The Bertz CT molecular complexity index is 844. The number of halogens is 1. The summed E-state index contributed by atoms with van der Waals surface area (Å²) in [5, 5.41) is -0.617. The smallest absolute Gasteiger partial charge is 0.261 e. The second-order valence-electron chi connectivity index (χ2n) is 4.83. The average molecular weight is 350 g/mol. The zero-order valence-corrected chi connectivity index (χ0v) is 14.1. The minimum Gasteiger partial charge on any atom is -0.279 e. The third kappa shape index (κ3) is 4.68. The van der Waals surface area contributed by atoms with E-state index >= 15 is 0 Å². The highest BCUT2D eigenvalue weighted by atomic mass is 35.5. The second kappa shape index (κ2) is 7.44. The number of anilines is 1. The maximum Gasteiger partial charge on any atom is 0.261 e. The third-order valence-corrected chi connectivity index (χ3v) is 4.71.